The Morgan fingerprint density at radius 3 is 2.70 bits per heavy atom. The summed E-state index contributed by atoms with van der Waals surface area (Å²) in [5.41, 5.74) is 6.06. The van der Waals surface area contributed by atoms with Gasteiger partial charge in [-0.05, 0) is 37.4 Å². The lowest BCUT2D eigenvalue weighted by Crippen LogP contribution is -2.40. The number of nitrogens with one attached hydrogen (secondary N) is 1. The van der Waals surface area contributed by atoms with Gasteiger partial charge in [-0.1, -0.05) is 20.8 Å². The maximum absolute atomic E-state index is 13.1. The highest BCUT2D eigenvalue weighted by atomic mass is 16.3. The monoisotopic (exact) mass is 371 g/mol. The molecule has 0 aromatic carbocycles. The van der Waals surface area contributed by atoms with Gasteiger partial charge in [-0.3, -0.25) is 4.79 Å². The highest BCUT2D eigenvalue weighted by Crippen LogP contribution is 2.24. The summed E-state index contributed by atoms with van der Waals surface area (Å²) >= 11 is 0. The van der Waals surface area contributed by atoms with Crippen molar-refractivity contribution >= 4 is 11.7 Å². The van der Waals surface area contributed by atoms with Crippen LogP contribution in [-0.2, 0) is 12.0 Å². The fourth-order valence-electron chi connectivity index (χ4n) is 3.16. The van der Waals surface area contributed by atoms with Gasteiger partial charge in [0.25, 0.3) is 5.91 Å². The van der Waals surface area contributed by atoms with Crippen LogP contribution < -0.4 is 11.1 Å². The first-order valence-corrected chi connectivity index (χ1v) is 9.51. The van der Waals surface area contributed by atoms with E-state index in [1.54, 1.807) is 12.5 Å². The number of carbonyl (C=O) groups is 1. The second-order valence-corrected chi connectivity index (χ2v) is 8.11. The van der Waals surface area contributed by atoms with Crippen LogP contribution in [0.1, 0.15) is 55.6 Å². The molecule has 3 N–H and O–H groups in total. The minimum atomic E-state index is -0.206. The number of nitrogens with zero attached hydrogens (tertiary/aromatic N) is 3. The molecule has 2 aromatic rings. The number of aromatic nitrogens is 2. The van der Waals surface area contributed by atoms with Crippen LogP contribution in [0.4, 0.5) is 5.82 Å². The Labute approximate surface area is 160 Å². The van der Waals surface area contributed by atoms with Crippen LogP contribution in [0.3, 0.4) is 0 Å². The Morgan fingerprint density at radius 2 is 2.11 bits per heavy atom. The summed E-state index contributed by atoms with van der Waals surface area (Å²) in [7, 11) is 0. The molecule has 27 heavy (non-hydrogen) atoms. The summed E-state index contributed by atoms with van der Waals surface area (Å²) in [5.74, 6) is 2.51. The van der Waals surface area contributed by atoms with Gasteiger partial charge in [-0.15, -0.1) is 0 Å². The molecular formula is C20H29N5O2. The second kappa shape index (κ2) is 8.08. The maximum atomic E-state index is 13.1. The lowest BCUT2D eigenvalue weighted by atomic mass is 9.95. The smallest absolute Gasteiger partial charge is 0.259 e. The summed E-state index contributed by atoms with van der Waals surface area (Å²) in [4.78, 5) is 24.1. The average Bonchev–Trinajstić information content (AvgIpc) is 3.18. The molecular weight excluding hydrogens is 342 g/mol. The summed E-state index contributed by atoms with van der Waals surface area (Å²) < 4.78 is 5.38. The molecule has 0 bridgehead atoms. The number of carbonyl (C=O) groups excluding carboxylic acids is 1. The van der Waals surface area contributed by atoms with Crippen molar-refractivity contribution in [3.63, 3.8) is 0 Å². The van der Waals surface area contributed by atoms with Crippen LogP contribution in [0.15, 0.2) is 29.0 Å². The molecule has 1 saturated heterocycles. The van der Waals surface area contributed by atoms with E-state index >= 15 is 0 Å². The second-order valence-electron chi connectivity index (χ2n) is 8.11. The van der Waals surface area contributed by atoms with Gasteiger partial charge in [0, 0.05) is 24.7 Å². The van der Waals surface area contributed by atoms with E-state index in [0.717, 1.165) is 31.7 Å². The number of anilines is 1. The first kappa shape index (κ1) is 19.4. The number of piperidine rings is 1. The molecule has 0 radical (unpaired) electrons. The first-order valence-electron chi connectivity index (χ1n) is 9.51. The van der Waals surface area contributed by atoms with Crippen molar-refractivity contribution < 1.29 is 9.21 Å². The van der Waals surface area contributed by atoms with Gasteiger partial charge in [0.05, 0.1) is 12.8 Å². The number of rotatable bonds is 5. The van der Waals surface area contributed by atoms with E-state index in [9.17, 15) is 4.79 Å². The van der Waals surface area contributed by atoms with Crippen molar-refractivity contribution in [2.45, 2.75) is 45.6 Å². The molecule has 3 rings (SSSR count). The fraction of sp³-hybridized carbons (Fsp3) is 0.550. The van der Waals surface area contributed by atoms with Gasteiger partial charge in [0.2, 0.25) is 0 Å². The molecule has 1 amide bonds. The van der Waals surface area contributed by atoms with Crippen molar-refractivity contribution in [1.29, 1.82) is 0 Å². The molecule has 0 atom stereocenters. The Kier molecular flexibility index (Phi) is 5.79. The fourth-order valence-corrected chi connectivity index (χ4v) is 3.16. The van der Waals surface area contributed by atoms with Crippen molar-refractivity contribution in [2.75, 3.05) is 25.0 Å². The van der Waals surface area contributed by atoms with E-state index in [2.05, 4.69) is 36.1 Å². The largest absolute Gasteiger partial charge is 0.467 e. The standard InChI is InChI=1S/C20H29N5O2/c1-20(2,3)19-23-13-16(17(24-19)22-12-15-5-4-10-27-15)18(26)25-8-6-14(11-21)7-9-25/h4-5,10,13-14H,6-9,11-12,21H2,1-3H3,(H,22,23,24). The summed E-state index contributed by atoms with van der Waals surface area (Å²) in [5, 5.41) is 3.26. The molecule has 2 aromatic heterocycles. The van der Waals surface area contributed by atoms with Gasteiger partial charge >= 0.3 is 0 Å². The topological polar surface area (TPSA) is 97.3 Å². The van der Waals surface area contributed by atoms with E-state index in [1.807, 2.05) is 17.0 Å². The van der Waals surface area contributed by atoms with Gasteiger partial charge in [-0.25, -0.2) is 9.97 Å². The van der Waals surface area contributed by atoms with Gasteiger partial charge < -0.3 is 20.4 Å². The predicted molar refractivity (Wildman–Crippen MR) is 104 cm³/mol. The van der Waals surface area contributed by atoms with Crippen LogP contribution in [0.25, 0.3) is 0 Å². The Bertz CT molecular complexity index is 759. The van der Waals surface area contributed by atoms with Gasteiger partial charge in [0.1, 0.15) is 23.0 Å². The van der Waals surface area contributed by atoms with E-state index in [1.165, 1.54) is 0 Å². The zero-order valence-electron chi connectivity index (χ0n) is 16.4. The lowest BCUT2D eigenvalue weighted by molar-refractivity contribution is 0.0693. The van der Waals surface area contributed by atoms with Crippen LogP contribution in [-0.4, -0.2) is 40.4 Å². The molecule has 146 valence electrons. The van der Waals surface area contributed by atoms with Crippen LogP contribution in [0.5, 0.6) is 0 Å². The van der Waals surface area contributed by atoms with Gasteiger partial charge in [0.15, 0.2) is 0 Å². The molecule has 0 spiro atoms. The van der Waals surface area contributed by atoms with E-state index in [-0.39, 0.29) is 11.3 Å². The number of amides is 1. The summed E-state index contributed by atoms with van der Waals surface area (Å²) in [6.07, 6.45) is 5.16. The van der Waals surface area contributed by atoms with Gasteiger partial charge in [-0.2, -0.15) is 0 Å². The average molecular weight is 371 g/mol. The molecule has 3 heterocycles. The molecule has 1 aliphatic rings. The van der Waals surface area contributed by atoms with Crippen LogP contribution in [0.2, 0.25) is 0 Å². The van der Waals surface area contributed by atoms with Crippen molar-refractivity contribution in [3.05, 3.63) is 41.7 Å². The minimum absolute atomic E-state index is 0.0344. The Morgan fingerprint density at radius 1 is 1.37 bits per heavy atom. The van der Waals surface area contributed by atoms with Crippen molar-refractivity contribution in [1.82, 2.24) is 14.9 Å². The molecule has 0 saturated carbocycles. The van der Waals surface area contributed by atoms with E-state index in [4.69, 9.17) is 10.2 Å². The quantitative estimate of drug-likeness (QED) is 0.839. The van der Waals surface area contributed by atoms with E-state index < -0.39 is 0 Å². The first-order chi connectivity index (χ1) is 12.9. The highest BCUT2D eigenvalue weighted by Gasteiger charge is 2.27. The molecule has 1 fully saturated rings. The number of nitrogens with two attached hydrogens (primary N) is 1. The van der Waals surface area contributed by atoms with Crippen molar-refractivity contribution in [2.24, 2.45) is 11.7 Å². The predicted octanol–water partition coefficient (Wildman–Crippen LogP) is 2.79. The third kappa shape index (κ3) is 4.66. The molecule has 7 heteroatoms. The zero-order valence-corrected chi connectivity index (χ0v) is 16.4. The van der Waals surface area contributed by atoms with Crippen LogP contribution >= 0.6 is 0 Å². The van der Waals surface area contributed by atoms with E-state index in [0.29, 0.717) is 36.2 Å². The normalized spacial score (nSPS) is 15.8. The highest BCUT2D eigenvalue weighted by molar-refractivity contribution is 5.98. The Balaban J connectivity index is 1.83. The maximum Gasteiger partial charge on any atom is 0.259 e. The number of furan rings is 1. The van der Waals surface area contributed by atoms with Crippen molar-refractivity contribution in [3.8, 4) is 0 Å². The lowest BCUT2D eigenvalue weighted by Gasteiger charge is -2.31. The molecule has 0 unspecified atom stereocenters. The zero-order chi connectivity index (χ0) is 19.4. The molecule has 0 aliphatic carbocycles. The SMILES string of the molecule is CC(C)(C)c1ncc(C(=O)N2CCC(CN)CC2)c(NCc2ccco2)n1. The molecule has 1 aliphatic heterocycles. The summed E-state index contributed by atoms with van der Waals surface area (Å²) in [6.45, 7) is 8.75. The molecule has 7 nitrogen and oxygen atoms in total. The minimum Gasteiger partial charge on any atom is -0.467 e. The summed E-state index contributed by atoms with van der Waals surface area (Å²) in [6, 6.07) is 3.73. The third-order valence-electron chi connectivity index (χ3n) is 4.94. The Hall–Kier alpha value is -2.41. The third-order valence-corrected chi connectivity index (χ3v) is 4.94. The number of hydrogen-bond acceptors (Lipinski definition) is 6. The number of likely N-dealkylation sites (tertiary alicyclic amines) is 1. The van der Waals surface area contributed by atoms with Crippen LogP contribution in [0, 0.1) is 5.92 Å². The number of hydrogen-bond donors (Lipinski definition) is 2.